The molecular formula is C45H29N. The molecule has 0 spiro atoms. The smallest absolute Gasteiger partial charge is 0.0559 e. The summed E-state index contributed by atoms with van der Waals surface area (Å²) < 4.78 is 0. The van der Waals surface area contributed by atoms with Crippen LogP contribution in [-0.4, -0.2) is 0 Å². The first-order valence-electron chi connectivity index (χ1n) is 15.8. The summed E-state index contributed by atoms with van der Waals surface area (Å²) in [6.45, 7) is 0. The van der Waals surface area contributed by atoms with Gasteiger partial charge in [0, 0.05) is 23.1 Å². The highest BCUT2D eigenvalue weighted by Crippen LogP contribution is 2.38. The van der Waals surface area contributed by atoms with Crippen LogP contribution >= 0.6 is 0 Å². The van der Waals surface area contributed by atoms with Crippen molar-refractivity contribution in [2.24, 2.45) is 0 Å². The van der Waals surface area contributed by atoms with Gasteiger partial charge in [-0.2, -0.15) is 0 Å². The molecule has 46 heavy (non-hydrogen) atoms. The lowest BCUT2D eigenvalue weighted by Crippen LogP contribution is -2.02. The molecular weight excluding hydrogens is 555 g/mol. The Hall–Kier alpha value is -6.10. The molecule has 1 nitrogen and oxygen atoms in total. The molecule has 0 aromatic heterocycles. The number of nitrogens with one attached hydrogen (secondary N) is 1. The van der Waals surface area contributed by atoms with Crippen LogP contribution in [0.5, 0.6) is 0 Å². The molecule has 0 unspecified atom stereocenters. The predicted octanol–water partition coefficient (Wildman–Crippen LogP) is 11.8. The van der Waals surface area contributed by atoms with Crippen molar-refractivity contribution in [3.63, 3.8) is 0 Å². The van der Waals surface area contributed by atoms with E-state index in [1.807, 2.05) is 0 Å². The van der Waals surface area contributed by atoms with Gasteiger partial charge >= 0.3 is 0 Å². The molecule has 0 saturated carbocycles. The molecule has 214 valence electrons. The fourth-order valence-electron chi connectivity index (χ4n) is 7.13. The molecule has 1 aliphatic carbocycles. The second-order valence-corrected chi connectivity index (χ2v) is 12.0. The SMILES string of the molecule is C1#CC(c2cccc3c2ccc2ccccc23)=C(Nc2cccc3ccccc23)C=C(c2cccc3c2ccc2ccccc23)C1. The topological polar surface area (TPSA) is 12.0 Å². The van der Waals surface area contributed by atoms with Gasteiger partial charge in [0.05, 0.1) is 11.3 Å². The summed E-state index contributed by atoms with van der Waals surface area (Å²) >= 11 is 0. The fourth-order valence-corrected chi connectivity index (χ4v) is 7.13. The average Bonchev–Trinajstić information content (AvgIpc) is 3.33. The lowest BCUT2D eigenvalue weighted by atomic mass is 9.92. The van der Waals surface area contributed by atoms with E-state index >= 15 is 0 Å². The summed E-state index contributed by atoms with van der Waals surface area (Å²) in [6.07, 6.45) is 2.98. The van der Waals surface area contributed by atoms with Crippen LogP contribution in [0.3, 0.4) is 0 Å². The van der Waals surface area contributed by atoms with Crippen LogP contribution in [0.15, 0.2) is 163 Å². The fraction of sp³-hybridized carbons (Fsp3) is 0.0222. The van der Waals surface area contributed by atoms with Crippen LogP contribution < -0.4 is 5.32 Å². The number of rotatable bonds is 4. The van der Waals surface area contributed by atoms with Gasteiger partial charge in [0.25, 0.3) is 0 Å². The van der Waals surface area contributed by atoms with Crippen LogP contribution in [-0.2, 0) is 0 Å². The van der Waals surface area contributed by atoms with E-state index in [2.05, 4.69) is 175 Å². The third-order valence-corrected chi connectivity index (χ3v) is 9.33. The summed E-state index contributed by atoms with van der Waals surface area (Å²) in [7, 11) is 0. The van der Waals surface area contributed by atoms with Crippen molar-refractivity contribution in [3.8, 4) is 11.8 Å². The van der Waals surface area contributed by atoms with Crippen molar-refractivity contribution in [1.29, 1.82) is 0 Å². The number of anilines is 1. The molecule has 0 saturated heterocycles. The van der Waals surface area contributed by atoms with E-state index in [0.29, 0.717) is 6.42 Å². The van der Waals surface area contributed by atoms with E-state index < -0.39 is 0 Å². The number of hydrogen-bond acceptors (Lipinski definition) is 1. The van der Waals surface area contributed by atoms with Crippen molar-refractivity contribution < 1.29 is 0 Å². The van der Waals surface area contributed by atoms with Gasteiger partial charge in [0.15, 0.2) is 0 Å². The third kappa shape index (κ3) is 4.35. The van der Waals surface area contributed by atoms with E-state index in [0.717, 1.165) is 22.5 Å². The van der Waals surface area contributed by atoms with Gasteiger partial charge in [-0.3, -0.25) is 0 Å². The lowest BCUT2D eigenvalue weighted by molar-refractivity contribution is 1.44. The van der Waals surface area contributed by atoms with Crippen LogP contribution in [0, 0.1) is 11.8 Å². The molecule has 1 N–H and O–H groups in total. The standard InChI is InChI=1S/C45H29N/c1-4-16-34-31(12-1)25-27-41-36(19-9-20-38(34)41)33-15-7-23-43(45(29-33)46-44-24-8-14-30-11-3-6-18-37(30)44)40-22-10-21-39-35-17-5-2-13-32(35)26-28-42(39)40/h1-6,8-14,16-22,24-29,46H,15H2. The number of allylic oxidation sites excluding steroid dienone is 3. The first kappa shape index (κ1) is 26.3. The predicted molar refractivity (Wildman–Crippen MR) is 198 cm³/mol. The molecule has 9 rings (SSSR count). The van der Waals surface area contributed by atoms with Gasteiger partial charge in [-0.05, 0) is 71.8 Å². The van der Waals surface area contributed by atoms with E-state index in [1.54, 1.807) is 0 Å². The zero-order valence-corrected chi connectivity index (χ0v) is 25.2. The lowest BCUT2D eigenvalue weighted by Gasteiger charge is -2.17. The summed E-state index contributed by atoms with van der Waals surface area (Å²) in [5.41, 5.74) is 6.65. The summed E-state index contributed by atoms with van der Waals surface area (Å²) in [4.78, 5) is 0. The first-order chi connectivity index (χ1) is 22.8. The Kier molecular flexibility index (Phi) is 6.18. The molecule has 0 radical (unpaired) electrons. The Bertz CT molecular complexity index is 2640. The molecule has 8 aromatic carbocycles. The minimum atomic E-state index is 0.657. The Morgan fingerprint density at radius 2 is 0.935 bits per heavy atom. The van der Waals surface area contributed by atoms with Crippen LogP contribution in [0.2, 0.25) is 0 Å². The highest BCUT2D eigenvalue weighted by atomic mass is 14.9. The van der Waals surface area contributed by atoms with Crippen molar-refractivity contribution >= 4 is 70.7 Å². The zero-order chi connectivity index (χ0) is 30.5. The van der Waals surface area contributed by atoms with Gasteiger partial charge in [0.1, 0.15) is 0 Å². The highest BCUT2D eigenvalue weighted by molar-refractivity contribution is 6.13. The van der Waals surface area contributed by atoms with E-state index in [1.165, 1.54) is 65.0 Å². The Labute approximate surface area is 268 Å². The zero-order valence-electron chi connectivity index (χ0n) is 25.2. The van der Waals surface area contributed by atoms with Gasteiger partial charge in [-0.1, -0.05) is 157 Å². The van der Waals surface area contributed by atoms with Crippen molar-refractivity contribution in [1.82, 2.24) is 0 Å². The maximum Gasteiger partial charge on any atom is 0.0559 e. The molecule has 0 aliphatic heterocycles. The molecule has 0 bridgehead atoms. The number of fused-ring (bicyclic) bond motifs is 7. The van der Waals surface area contributed by atoms with Crippen LogP contribution in [0.25, 0.3) is 65.0 Å². The normalized spacial score (nSPS) is 13.2. The van der Waals surface area contributed by atoms with Gasteiger partial charge in [-0.15, -0.1) is 0 Å². The second-order valence-electron chi connectivity index (χ2n) is 12.0. The summed E-state index contributed by atoms with van der Waals surface area (Å²) in [5, 5.41) is 16.3. The van der Waals surface area contributed by atoms with Crippen molar-refractivity contribution in [3.05, 3.63) is 175 Å². The van der Waals surface area contributed by atoms with Gasteiger partial charge in [0.2, 0.25) is 0 Å². The molecule has 0 fully saturated rings. The van der Waals surface area contributed by atoms with E-state index in [-0.39, 0.29) is 0 Å². The average molecular weight is 584 g/mol. The molecule has 0 atom stereocenters. The minimum Gasteiger partial charge on any atom is -0.354 e. The van der Waals surface area contributed by atoms with Crippen LogP contribution in [0.1, 0.15) is 17.5 Å². The second kappa shape index (κ2) is 10.8. The number of hydrogen-bond donors (Lipinski definition) is 1. The Balaban J connectivity index is 1.30. The molecule has 8 aromatic rings. The largest absolute Gasteiger partial charge is 0.354 e. The van der Waals surface area contributed by atoms with E-state index in [9.17, 15) is 0 Å². The maximum atomic E-state index is 3.89. The van der Waals surface area contributed by atoms with Gasteiger partial charge in [-0.25, -0.2) is 0 Å². The quantitative estimate of drug-likeness (QED) is 0.160. The Morgan fingerprint density at radius 3 is 1.63 bits per heavy atom. The first-order valence-corrected chi connectivity index (χ1v) is 15.8. The molecule has 1 heteroatoms. The van der Waals surface area contributed by atoms with Crippen molar-refractivity contribution in [2.75, 3.05) is 5.32 Å². The van der Waals surface area contributed by atoms with E-state index in [4.69, 9.17) is 0 Å². The highest BCUT2D eigenvalue weighted by Gasteiger charge is 2.17. The molecule has 0 heterocycles. The van der Waals surface area contributed by atoms with Gasteiger partial charge < -0.3 is 5.32 Å². The summed E-state index contributed by atoms with van der Waals surface area (Å²) in [6, 6.07) is 54.5. The molecule has 0 amide bonds. The van der Waals surface area contributed by atoms with Crippen molar-refractivity contribution in [2.45, 2.75) is 6.42 Å². The molecule has 1 aliphatic rings. The maximum absolute atomic E-state index is 3.89. The summed E-state index contributed by atoms with van der Waals surface area (Å²) in [5.74, 6) is 7.23. The monoisotopic (exact) mass is 583 g/mol. The Morgan fingerprint density at radius 1 is 0.413 bits per heavy atom. The van der Waals surface area contributed by atoms with Crippen LogP contribution in [0.4, 0.5) is 5.69 Å². The number of benzene rings is 8. The minimum absolute atomic E-state index is 0.657. The third-order valence-electron chi connectivity index (χ3n) is 9.33.